The number of halogens is 2. The molecule has 7 heteroatoms. The van der Waals surface area contributed by atoms with Gasteiger partial charge in [-0.2, -0.15) is 0 Å². The third-order valence-corrected chi connectivity index (χ3v) is 3.18. The second-order valence-corrected chi connectivity index (χ2v) is 5.19. The lowest BCUT2D eigenvalue weighted by molar-refractivity contribution is -0.117. The minimum absolute atomic E-state index is 0.195. The fourth-order valence-electron chi connectivity index (χ4n) is 1.60. The van der Waals surface area contributed by atoms with Gasteiger partial charge in [0.15, 0.2) is 0 Å². The lowest BCUT2D eigenvalue weighted by atomic mass is 10.2. The number of hydrogen-bond acceptors (Lipinski definition) is 3. The summed E-state index contributed by atoms with van der Waals surface area (Å²) in [7, 11) is 0. The molecule has 0 spiro atoms. The van der Waals surface area contributed by atoms with Gasteiger partial charge < -0.3 is 4.42 Å². The molecule has 0 fully saturated rings. The molecule has 2 rings (SSSR count). The van der Waals surface area contributed by atoms with Gasteiger partial charge in [0.25, 0.3) is 11.8 Å². The van der Waals surface area contributed by atoms with E-state index in [1.807, 2.05) is 0 Å². The van der Waals surface area contributed by atoms with Crippen molar-refractivity contribution in [1.29, 1.82) is 0 Å². The van der Waals surface area contributed by atoms with Gasteiger partial charge in [0.05, 0.1) is 10.6 Å². The summed E-state index contributed by atoms with van der Waals surface area (Å²) in [6.45, 7) is 1.80. The first-order chi connectivity index (χ1) is 10.5. The normalized spacial score (nSPS) is 10.7. The average molecular weight is 339 g/mol. The Bertz CT molecular complexity index is 738. The van der Waals surface area contributed by atoms with E-state index in [1.54, 1.807) is 19.1 Å². The number of carbonyl (C=O) groups excluding carboxylic acids is 2. The van der Waals surface area contributed by atoms with E-state index in [4.69, 9.17) is 27.6 Å². The second-order valence-electron chi connectivity index (χ2n) is 4.35. The monoisotopic (exact) mass is 338 g/mol. The van der Waals surface area contributed by atoms with E-state index >= 15 is 0 Å². The molecule has 0 saturated heterocycles. The Morgan fingerprint density at radius 3 is 2.55 bits per heavy atom. The third kappa shape index (κ3) is 4.38. The Morgan fingerprint density at radius 1 is 1.14 bits per heavy atom. The van der Waals surface area contributed by atoms with Gasteiger partial charge in [0.1, 0.15) is 11.5 Å². The molecule has 0 radical (unpaired) electrons. The fraction of sp³-hybridized carbons (Fsp3) is 0.0667. The first kappa shape index (κ1) is 16.1. The highest BCUT2D eigenvalue weighted by Crippen LogP contribution is 2.20. The van der Waals surface area contributed by atoms with Gasteiger partial charge in [-0.3, -0.25) is 20.4 Å². The van der Waals surface area contributed by atoms with Crippen LogP contribution < -0.4 is 10.9 Å². The molecule has 0 saturated carbocycles. The van der Waals surface area contributed by atoms with E-state index < -0.39 is 11.8 Å². The summed E-state index contributed by atoms with van der Waals surface area (Å²) < 4.78 is 5.27. The number of hydrogen-bond donors (Lipinski definition) is 2. The van der Waals surface area contributed by atoms with Crippen molar-refractivity contribution in [1.82, 2.24) is 10.9 Å². The summed E-state index contributed by atoms with van der Waals surface area (Å²) in [6.07, 6.45) is 2.73. The van der Waals surface area contributed by atoms with E-state index in [0.29, 0.717) is 10.8 Å². The van der Waals surface area contributed by atoms with Crippen LogP contribution in [0.5, 0.6) is 0 Å². The second kappa shape index (κ2) is 7.15. The standard InChI is InChI=1S/C15H12Cl2N2O3/c1-9-2-4-11(22-9)5-7-14(20)18-19-15(21)12-6-3-10(16)8-13(12)17/h2-8H,1H3,(H,18,20)(H,19,21)/b7-5+. The Labute approximate surface area is 136 Å². The largest absolute Gasteiger partial charge is 0.462 e. The van der Waals surface area contributed by atoms with Crippen LogP contribution in [0.3, 0.4) is 0 Å². The molecule has 0 atom stereocenters. The van der Waals surface area contributed by atoms with Crippen molar-refractivity contribution in [3.63, 3.8) is 0 Å². The van der Waals surface area contributed by atoms with Gasteiger partial charge in [-0.15, -0.1) is 0 Å². The minimum Gasteiger partial charge on any atom is -0.462 e. The molecule has 1 aromatic heterocycles. The summed E-state index contributed by atoms with van der Waals surface area (Å²) >= 11 is 11.6. The summed E-state index contributed by atoms with van der Waals surface area (Å²) in [5.74, 6) is 0.232. The van der Waals surface area contributed by atoms with E-state index in [1.165, 1.54) is 30.4 Å². The molecule has 0 aliphatic rings. The maximum Gasteiger partial charge on any atom is 0.271 e. The lowest BCUT2D eigenvalue weighted by Crippen LogP contribution is -2.40. The first-order valence-corrected chi connectivity index (χ1v) is 7.01. The summed E-state index contributed by atoms with van der Waals surface area (Å²) in [5, 5.41) is 0.614. The zero-order valence-electron chi connectivity index (χ0n) is 11.5. The number of furan rings is 1. The van der Waals surface area contributed by atoms with Crippen LogP contribution in [-0.2, 0) is 4.79 Å². The number of aryl methyl sites for hydroxylation is 1. The van der Waals surface area contributed by atoms with Crippen molar-refractivity contribution >= 4 is 41.1 Å². The SMILES string of the molecule is Cc1ccc(/C=C/C(=O)NNC(=O)c2ccc(Cl)cc2Cl)o1. The highest BCUT2D eigenvalue weighted by Gasteiger charge is 2.10. The first-order valence-electron chi connectivity index (χ1n) is 6.25. The summed E-state index contributed by atoms with van der Waals surface area (Å²) in [6, 6.07) is 7.95. The molecule has 22 heavy (non-hydrogen) atoms. The maximum absolute atomic E-state index is 11.9. The van der Waals surface area contributed by atoms with Gasteiger partial charge in [-0.05, 0) is 43.3 Å². The molecular formula is C15H12Cl2N2O3. The highest BCUT2D eigenvalue weighted by atomic mass is 35.5. The number of carbonyl (C=O) groups is 2. The van der Waals surface area contributed by atoms with Crippen LogP contribution in [-0.4, -0.2) is 11.8 Å². The zero-order chi connectivity index (χ0) is 16.1. The van der Waals surface area contributed by atoms with Gasteiger partial charge in [-0.1, -0.05) is 23.2 Å². The number of benzene rings is 1. The Morgan fingerprint density at radius 2 is 1.91 bits per heavy atom. The van der Waals surface area contributed by atoms with Crippen molar-refractivity contribution in [2.24, 2.45) is 0 Å². The Kier molecular flexibility index (Phi) is 5.25. The van der Waals surface area contributed by atoms with Crippen molar-refractivity contribution in [3.8, 4) is 0 Å². The van der Waals surface area contributed by atoms with Crippen molar-refractivity contribution < 1.29 is 14.0 Å². The predicted molar refractivity (Wildman–Crippen MR) is 84.5 cm³/mol. The minimum atomic E-state index is -0.544. The van der Waals surface area contributed by atoms with E-state index in [-0.39, 0.29) is 10.6 Å². The molecule has 0 aliphatic heterocycles. The molecule has 2 aromatic rings. The van der Waals surface area contributed by atoms with E-state index in [0.717, 1.165) is 5.76 Å². The van der Waals surface area contributed by atoms with Crippen LogP contribution in [0.1, 0.15) is 21.9 Å². The maximum atomic E-state index is 11.9. The molecule has 0 aliphatic carbocycles. The average Bonchev–Trinajstić information content (AvgIpc) is 2.88. The Balaban J connectivity index is 1.90. The smallest absolute Gasteiger partial charge is 0.271 e. The van der Waals surface area contributed by atoms with Crippen LogP contribution in [0.4, 0.5) is 0 Å². The van der Waals surface area contributed by atoms with Crippen LogP contribution in [0, 0.1) is 6.92 Å². The van der Waals surface area contributed by atoms with Gasteiger partial charge >= 0.3 is 0 Å². The molecule has 2 N–H and O–H groups in total. The zero-order valence-corrected chi connectivity index (χ0v) is 13.0. The molecule has 114 valence electrons. The number of hydrazine groups is 1. The van der Waals surface area contributed by atoms with Gasteiger partial charge in [0, 0.05) is 11.1 Å². The van der Waals surface area contributed by atoms with Crippen LogP contribution in [0.2, 0.25) is 10.0 Å². The van der Waals surface area contributed by atoms with E-state index in [2.05, 4.69) is 10.9 Å². The van der Waals surface area contributed by atoms with Crippen molar-refractivity contribution in [2.75, 3.05) is 0 Å². The molecular weight excluding hydrogens is 327 g/mol. The number of amides is 2. The molecule has 0 bridgehead atoms. The molecule has 0 unspecified atom stereocenters. The number of nitrogens with one attached hydrogen (secondary N) is 2. The summed E-state index contributed by atoms with van der Waals surface area (Å²) in [4.78, 5) is 23.5. The van der Waals surface area contributed by atoms with Crippen LogP contribution in [0.15, 0.2) is 40.8 Å². The lowest BCUT2D eigenvalue weighted by Gasteiger charge is -2.06. The molecule has 5 nitrogen and oxygen atoms in total. The molecule has 2 amide bonds. The van der Waals surface area contributed by atoms with Crippen molar-refractivity contribution in [3.05, 3.63) is 63.5 Å². The quantitative estimate of drug-likeness (QED) is 0.665. The number of rotatable bonds is 3. The van der Waals surface area contributed by atoms with Gasteiger partial charge in [-0.25, -0.2) is 0 Å². The van der Waals surface area contributed by atoms with Crippen molar-refractivity contribution in [2.45, 2.75) is 6.92 Å². The third-order valence-electron chi connectivity index (χ3n) is 2.64. The van der Waals surface area contributed by atoms with Crippen LogP contribution in [0.25, 0.3) is 6.08 Å². The van der Waals surface area contributed by atoms with Crippen LogP contribution >= 0.6 is 23.2 Å². The topological polar surface area (TPSA) is 71.3 Å². The molecule has 1 aromatic carbocycles. The highest BCUT2D eigenvalue weighted by molar-refractivity contribution is 6.36. The predicted octanol–water partition coefficient (Wildman–Crippen LogP) is 3.37. The Hall–Kier alpha value is -2.24. The van der Waals surface area contributed by atoms with Gasteiger partial charge in [0.2, 0.25) is 0 Å². The fourth-order valence-corrected chi connectivity index (χ4v) is 2.10. The summed E-state index contributed by atoms with van der Waals surface area (Å²) in [5.41, 5.74) is 4.70. The molecule has 1 heterocycles. The van der Waals surface area contributed by atoms with E-state index in [9.17, 15) is 9.59 Å².